The molecule has 0 aromatic heterocycles. The van der Waals surface area contributed by atoms with E-state index in [0.29, 0.717) is 6.54 Å². The van der Waals surface area contributed by atoms with Crippen LogP contribution in [0.2, 0.25) is 0 Å². The number of benzene rings is 1. The molecule has 0 spiro atoms. The third-order valence-corrected chi connectivity index (χ3v) is 2.45. The summed E-state index contributed by atoms with van der Waals surface area (Å²) in [7, 11) is 0. The van der Waals surface area contributed by atoms with E-state index in [-0.39, 0.29) is 31.6 Å². The van der Waals surface area contributed by atoms with E-state index >= 15 is 0 Å². The predicted octanol–water partition coefficient (Wildman–Crippen LogP) is -0.305. The molecule has 2 amide bonds. The van der Waals surface area contributed by atoms with E-state index in [1.807, 2.05) is 30.3 Å². The molecule has 6 nitrogen and oxygen atoms in total. The van der Waals surface area contributed by atoms with Crippen molar-refractivity contribution in [2.45, 2.75) is 12.5 Å². The van der Waals surface area contributed by atoms with Crippen molar-refractivity contribution < 1.29 is 14.3 Å². The van der Waals surface area contributed by atoms with Crippen molar-refractivity contribution >= 4 is 11.8 Å². The first kappa shape index (κ1) is 15.1. The maximum Gasteiger partial charge on any atom is 0.243 e. The van der Waals surface area contributed by atoms with Crippen molar-refractivity contribution in [3.63, 3.8) is 0 Å². The lowest BCUT2D eigenvalue weighted by Gasteiger charge is -2.12. The van der Waals surface area contributed by atoms with Crippen LogP contribution in [0.1, 0.15) is 18.0 Å². The van der Waals surface area contributed by atoms with E-state index in [4.69, 9.17) is 16.2 Å². The normalized spacial score (nSPS) is 11.8. The predicted molar refractivity (Wildman–Crippen MR) is 71.0 cm³/mol. The lowest BCUT2D eigenvalue weighted by Crippen LogP contribution is -2.31. The largest absolute Gasteiger partial charge is 0.370 e. The molecule has 1 rings (SSSR count). The smallest absolute Gasteiger partial charge is 0.243 e. The Morgan fingerprint density at radius 2 is 1.95 bits per heavy atom. The van der Waals surface area contributed by atoms with Crippen molar-refractivity contribution in [2.75, 3.05) is 19.8 Å². The van der Waals surface area contributed by atoms with E-state index in [2.05, 4.69) is 5.32 Å². The first-order valence-corrected chi connectivity index (χ1v) is 6.03. The minimum absolute atomic E-state index is 0.139. The molecule has 0 radical (unpaired) electrons. The fourth-order valence-corrected chi connectivity index (χ4v) is 1.53. The Balaban J connectivity index is 2.19. The van der Waals surface area contributed by atoms with Gasteiger partial charge in [0.25, 0.3) is 0 Å². The van der Waals surface area contributed by atoms with Gasteiger partial charge in [0.2, 0.25) is 11.8 Å². The molecule has 5 N–H and O–H groups in total. The number of primary amides is 1. The van der Waals surface area contributed by atoms with Crippen LogP contribution < -0.4 is 16.8 Å². The molecule has 6 heteroatoms. The SMILES string of the molecule is NC(=O)COCCNC(=O)CC(N)c1ccccc1. The first-order valence-electron chi connectivity index (χ1n) is 6.03. The average Bonchev–Trinajstić information content (AvgIpc) is 2.39. The molecule has 0 saturated heterocycles. The highest BCUT2D eigenvalue weighted by Crippen LogP contribution is 2.12. The van der Waals surface area contributed by atoms with Gasteiger partial charge in [-0.2, -0.15) is 0 Å². The fourth-order valence-electron chi connectivity index (χ4n) is 1.53. The molecule has 104 valence electrons. The van der Waals surface area contributed by atoms with E-state index in [1.165, 1.54) is 0 Å². The number of nitrogens with two attached hydrogens (primary N) is 2. The molecule has 1 aromatic rings. The van der Waals surface area contributed by atoms with Crippen molar-refractivity contribution in [2.24, 2.45) is 11.5 Å². The van der Waals surface area contributed by atoms with Crippen LogP contribution in [-0.4, -0.2) is 31.6 Å². The Labute approximate surface area is 112 Å². The van der Waals surface area contributed by atoms with Gasteiger partial charge in [-0.05, 0) is 5.56 Å². The first-order chi connectivity index (χ1) is 9.09. The minimum Gasteiger partial charge on any atom is -0.370 e. The Bertz CT molecular complexity index is 409. The van der Waals surface area contributed by atoms with Crippen molar-refractivity contribution in [3.05, 3.63) is 35.9 Å². The Hall–Kier alpha value is -1.92. The van der Waals surface area contributed by atoms with E-state index < -0.39 is 5.91 Å². The summed E-state index contributed by atoms with van der Waals surface area (Å²) < 4.78 is 4.91. The second-order valence-electron chi connectivity index (χ2n) is 4.09. The summed E-state index contributed by atoms with van der Waals surface area (Å²) in [5.41, 5.74) is 11.7. The van der Waals surface area contributed by atoms with Crippen LogP contribution in [0.3, 0.4) is 0 Å². The lowest BCUT2D eigenvalue weighted by molar-refractivity contribution is -0.122. The molecule has 1 unspecified atom stereocenters. The highest BCUT2D eigenvalue weighted by molar-refractivity contribution is 5.76. The zero-order valence-corrected chi connectivity index (χ0v) is 10.7. The van der Waals surface area contributed by atoms with Gasteiger partial charge in [0, 0.05) is 19.0 Å². The van der Waals surface area contributed by atoms with Crippen LogP contribution in [-0.2, 0) is 14.3 Å². The summed E-state index contributed by atoms with van der Waals surface area (Å²) in [5, 5.41) is 2.66. The van der Waals surface area contributed by atoms with Crippen molar-refractivity contribution in [1.29, 1.82) is 0 Å². The molecule has 0 fully saturated rings. The second-order valence-corrected chi connectivity index (χ2v) is 4.09. The van der Waals surface area contributed by atoms with Crippen LogP contribution in [0.15, 0.2) is 30.3 Å². The fraction of sp³-hybridized carbons (Fsp3) is 0.385. The molecule has 19 heavy (non-hydrogen) atoms. The Morgan fingerprint density at radius 1 is 1.26 bits per heavy atom. The molecule has 0 bridgehead atoms. The molecular weight excluding hydrogens is 246 g/mol. The van der Waals surface area contributed by atoms with Crippen LogP contribution >= 0.6 is 0 Å². The third kappa shape index (κ3) is 6.54. The van der Waals surface area contributed by atoms with Crippen LogP contribution in [0.4, 0.5) is 0 Å². The van der Waals surface area contributed by atoms with Gasteiger partial charge in [0.05, 0.1) is 6.61 Å². The molecule has 0 aliphatic carbocycles. The highest BCUT2D eigenvalue weighted by Gasteiger charge is 2.10. The lowest BCUT2D eigenvalue weighted by atomic mass is 10.0. The molecule has 1 atom stereocenters. The Kier molecular flexibility index (Phi) is 6.56. The Morgan fingerprint density at radius 3 is 2.58 bits per heavy atom. The van der Waals surface area contributed by atoms with E-state index in [0.717, 1.165) is 5.56 Å². The number of ether oxygens (including phenoxy) is 1. The molecule has 1 aromatic carbocycles. The molecule has 0 saturated carbocycles. The summed E-state index contributed by atoms with van der Waals surface area (Å²) in [5.74, 6) is -0.684. The molecule has 0 aliphatic heterocycles. The maximum atomic E-state index is 11.6. The summed E-state index contributed by atoms with van der Waals surface area (Å²) in [6.07, 6.45) is 0.208. The number of hydrogen-bond donors (Lipinski definition) is 3. The summed E-state index contributed by atoms with van der Waals surface area (Å²) in [4.78, 5) is 22.0. The number of rotatable bonds is 8. The van der Waals surface area contributed by atoms with E-state index in [9.17, 15) is 9.59 Å². The standard InChI is InChI=1S/C13H19N3O3/c14-11(10-4-2-1-3-5-10)8-13(18)16-6-7-19-9-12(15)17/h1-5,11H,6-9,14H2,(H2,15,17)(H,16,18). The molecule has 0 heterocycles. The summed E-state index contributed by atoms with van der Waals surface area (Å²) in [6, 6.07) is 9.09. The van der Waals surface area contributed by atoms with Crippen LogP contribution in [0.25, 0.3) is 0 Å². The topological polar surface area (TPSA) is 107 Å². The van der Waals surface area contributed by atoms with Crippen LogP contribution in [0, 0.1) is 0 Å². The molecular formula is C13H19N3O3. The quantitative estimate of drug-likeness (QED) is 0.560. The average molecular weight is 265 g/mol. The minimum atomic E-state index is -0.530. The zero-order chi connectivity index (χ0) is 14.1. The van der Waals surface area contributed by atoms with Gasteiger partial charge < -0.3 is 21.5 Å². The van der Waals surface area contributed by atoms with Crippen molar-refractivity contribution in [1.82, 2.24) is 5.32 Å². The maximum absolute atomic E-state index is 11.6. The number of carbonyl (C=O) groups is 2. The van der Waals surface area contributed by atoms with E-state index in [1.54, 1.807) is 0 Å². The highest BCUT2D eigenvalue weighted by atomic mass is 16.5. The number of amides is 2. The number of nitrogens with one attached hydrogen (secondary N) is 1. The van der Waals surface area contributed by atoms with Gasteiger partial charge in [0.15, 0.2) is 0 Å². The zero-order valence-electron chi connectivity index (χ0n) is 10.7. The van der Waals surface area contributed by atoms with Gasteiger partial charge in [-0.15, -0.1) is 0 Å². The van der Waals surface area contributed by atoms with Crippen LogP contribution in [0.5, 0.6) is 0 Å². The van der Waals surface area contributed by atoms with Crippen molar-refractivity contribution in [3.8, 4) is 0 Å². The van der Waals surface area contributed by atoms with Gasteiger partial charge in [-0.25, -0.2) is 0 Å². The van der Waals surface area contributed by atoms with Gasteiger partial charge >= 0.3 is 0 Å². The van der Waals surface area contributed by atoms with Gasteiger partial charge in [0.1, 0.15) is 6.61 Å². The third-order valence-electron chi connectivity index (χ3n) is 2.45. The second kappa shape index (κ2) is 8.23. The van der Waals surface area contributed by atoms with Gasteiger partial charge in [-0.3, -0.25) is 9.59 Å². The monoisotopic (exact) mass is 265 g/mol. The number of carbonyl (C=O) groups excluding carboxylic acids is 2. The van der Waals surface area contributed by atoms with Gasteiger partial charge in [-0.1, -0.05) is 30.3 Å². The summed E-state index contributed by atoms with van der Waals surface area (Å²) >= 11 is 0. The summed E-state index contributed by atoms with van der Waals surface area (Å²) in [6.45, 7) is 0.433. The molecule has 0 aliphatic rings. The number of hydrogen-bond acceptors (Lipinski definition) is 4.